The first-order valence-corrected chi connectivity index (χ1v) is 7.45. The van der Waals surface area contributed by atoms with Crippen molar-refractivity contribution < 1.29 is 33.1 Å². The van der Waals surface area contributed by atoms with E-state index in [0.717, 1.165) is 6.26 Å². The number of carbonyl (C=O) groups is 2. The second-order valence-electron chi connectivity index (χ2n) is 5.35. The Hall–Kier alpha value is -2.52. The molecule has 1 aliphatic heterocycles. The number of nitrogens with two attached hydrogens (primary N) is 1. The molecule has 1 rings (SSSR count). The number of carbonyl (C=O) groups excluding carboxylic acids is 2. The van der Waals surface area contributed by atoms with Crippen LogP contribution in [-0.2, 0) is 28.3 Å². The molecule has 0 saturated carbocycles. The third kappa shape index (κ3) is 6.48. The molecule has 0 aromatic rings. The molecule has 0 aliphatic carbocycles. The lowest BCUT2D eigenvalue weighted by Crippen LogP contribution is -2.26. The molecule has 0 radical (unpaired) electrons. The number of alkyl carbamates (subject to hydrolysis) is 1. The maximum absolute atomic E-state index is 12.3. The van der Waals surface area contributed by atoms with Crippen molar-refractivity contribution in [1.29, 1.82) is 0 Å². The minimum Gasteiger partial charge on any atom is -0.465 e. The Kier molecular flexibility index (Phi) is 7.46. The second kappa shape index (κ2) is 9.09. The summed E-state index contributed by atoms with van der Waals surface area (Å²) in [5.41, 5.74) is -1.06. The van der Waals surface area contributed by atoms with Crippen LogP contribution in [-0.4, -0.2) is 24.8 Å². The van der Waals surface area contributed by atoms with Gasteiger partial charge in [0.2, 0.25) is 5.88 Å². The van der Waals surface area contributed by atoms with Crippen molar-refractivity contribution in [3.05, 3.63) is 45.8 Å². The number of hydrogen-bond acceptors (Lipinski definition) is 9. The van der Waals surface area contributed by atoms with Gasteiger partial charge in [-0.2, -0.15) is 5.90 Å². The van der Waals surface area contributed by atoms with E-state index in [1.807, 2.05) is 0 Å². The maximum atomic E-state index is 12.3. The number of amides is 1. The van der Waals surface area contributed by atoms with E-state index in [0.29, 0.717) is 12.0 Å². The first kappa shape index (κ1) is 20.5. The summed E-state index contributed by atoms with van der Waals surface area (Å²) in [7, 11) is 1.17. The van der Waals surface area contributed by atoms with Gasteiger partial charge in [-0.1, -0.05) is 0 Å². The summed E-state index contributed by atoms with van der Waals surface area (Å²) in [5.74, 6) is 3.87. The van der Waals surface area contributed by atoms with E-state index in [1.165, 1.54) is 13.2 Å². The molecule has 10 nitrogen and oxygen atoms in total. The smallest absolute Gasteiger partial charge is 0.413 e. The van der Waals surface area contributed by atoms with Gasteiger partial charge in [0, 0.05) is 5.57 Å². The highest BCUT2D eigenvalue weighted by Gasteiger charge is 2.27. The van der Waals surface area contributed by atoms with E-state index in [4.69, 9.17) is 21.9 Å². The van der Waals surface area contributed by atoms with Crippen molar-refractivity contribution in [1.82, 2.24) is 5.32 Å². The minimum atomic E-state index is -0.853. The molecule has 1 amide bonds. The molecule has 1 heterocycles. The standard InChI is InChI=1S/C14H17N3O7S/c1-14(2,3)22-12(18)11(16-4)8-6-10(17-13(19)20-5)21-7-9(8)25-24-23-15/h6-7H,15H2,1-3,5H3,(H,17,19). The highest BCUT2D eigenvalue weighted by Crippen LogP contribution is 2.33. The van der Waals surface area contributed by atoms with Gasteiger partial charge >= 0.3 is 12.1 Å². The van der Waals surface area contributed by atoms with Gasteiger partial charge in [-0.15, -0.1) is 9.32 Å². The Morgan fingerprint density at radius 1 is 1.40 bits per heavy atom. The molecule has 0 spiro atoms. The number of rotatable bonds is 5. The predicted octanol–water partition coefficient (Wildman–Crippen LogP) is 2.04. The Morgan fingerprint density at radius 2 is 2.08 bits per heavy atom. The van der Waals surface area contributed by atoms with Crippen molar-refractivity contribution in [2.24, 2.45) is 5.90 Å². The summed E-state index contributed by atoms with van der Waals surface area (Å²) >= 11 is 0.603. The van der Waals surface area contributed by atoms with Gasteiger partial charge in [0.05, 0.1) is 30.6 Å². The fourth-order valence-corrected chi connectivity index (χ4v) is 1.93. The third-order valence-electron chi connectivity index (χ3n) is 2.37. The van der Waals surface area contributed by atoms with E-state index in [2.05, 4.69) is 24.2 Å². The summed E-state index contributed by atoms with van der Waals surface area (Å²) in [6.07, 6.45) is 1.59. The van der Waals surface area contributed by atoms with Gasteiger partial charge in [-0.3, -0.25) is 10.1 Å². The minimum absolute atomic E-state index is 0.0652. The van der Waals surface area contributed by atoms with Gasteiger partial charge < -0.3 is 14.2 Å². The van der Waals surface area contributed by atoms with Gasteiger partial charge in [0.15, 0.2) is 0 Å². The van der Waals surface area contributed by atoms with Crippen molar-refractivity contribution in [3.63, 3.8) is 0 Å². The SMILES string of the molecule is [C-]#[N+]C(C(=O)OC(C)(C)C)=C1C=C(NC(=O)OC)OC=C1SOON. The van der Waals surface area contributed by atoms with E-state index in [1.54, 1.807) is 20.8 Å². The summed E-state index contributed by atoms with van der Waals surface area (Å²) in [5, 5.41) is 2.28. The molecular weight excluding hydrogens is 354 g/mol. The summed E-state index contributed by atoms with van der Waals surface area (Å²) in [6.45, 7) is 12.3. The van der Waals surface area contributed by atoms with Crippen LogP contribution in [0.25, 0.3) is 4.85 Å². The Bertz CT molecular complexity index is 671. The van der Waals surface area contributed by atoms with E-state index < -0.39 is 17.7 Å². The fourth-order valence-electron chi connectivity index (χ4n) is 1.48. The molecule has 136 valence electrons. The molecule has 25 heavy (non-hydrogen) atoms. The van der Waals surface area contributed by atoms with Crippen LogP contribution in [0, 0.1) is 6.57 Å². The number of ether oxygens (including phenoxy) is 3. The quantitative estimate of drug-likeness (QED) is 0.187. The Morgan fingerprint density at radius 3 is 2.60 bits per heavy atom. The number of allylic oxidation sites excluding steroid dienone is 2. The predicted molar refractivity (Wildman–Crippen MR) is 86.2 cm³/mol. The molecule has 0 aromatic carbocycles. The van der Waals surface area contributed by atoms with Crippen molar-refractivity contribution in [2.45, 2.75) is 26.4 Å². The van der Waals surface area contributed by atoms with Crippen LogP contribution >= 0.6 is 12.0 Å². The van der Waals surface area contributed by atoms with Crippen LogP contribution < -0.4 is 11.2 Å². The number of nitrogens with zero attached hydrogens (tertiary/aromatic N) is 1. The molecular formula is C14H17N3O7S. The molecule has 0 atom stereocenters. The van der Waals surface area contributed by atoms with E-state index >= 15 is 0 Å². The van der Waals surface area contributed by atoms with Crippen LogP contribution in [0.3, 0.4) is 0 Å². The lowest BCUT2D eigenvalue weighted by Gasteiger charge is -2.21. The van der Waals surface area contributed by atoms with Crippen LogP contribution in [0.15, 0.2) is 34.4 Å². The molecule has 0 fully saturated rings. The molecule has 11 heteroatoms. The number of hydrogen-bond donors (Lipinski definition) is 2. The lowest BCUT2D eigenvalue weighted by molar-refractivity contribution is -0.194. The number of nitrogens with one attached hydrogen (secondary N) is 1. The zero-order valence-electron chi connectivity index (χ0n) is 13.9. The summed E-state index contributed by atoms with van der Waals surface area (Å²) in [4.78, 5) is 31.0. The molecule has 3 N–H and O–H groups in total. The third-order valence-corrected chi connectivity index (χ3v) is 3.01. The highest BCUT2D eigenvalue weighted by atomic mass is 32.2. The van der Waals surface area contributed by atoms with Crippen LogP contribution in [0.1, 0.15) is 20.8 Å². The molecule has 0 saturated heterocycles. The zero-order chi connectivity index (χ0) is 19.0. The van der Waals surface area contributed by atoms with Crippen molar-refractivity contribution in [3.8, 4) is 0 Å². The number of methoxy groups -OCH3 is 1. The van der Waals surface area contributed by atoms with Gasteiger partial charge in [-0.25, -0.2) is 9.64 Å². The zero-order valence-corrected chi connectivity index (χ0v) is 14.8. The van der Waals surface area contributed by atoms with Gasteiger partial charge in [0.1, 0.15) is 11.9 Å². The number of esters is 1. The molecule has 0 bridgehead atoms. The summed E-state index contributed by atoms with van der Waals surface area (Å²) in [6, 6.07) is 0. The lowest BCUT2D eigenvalue weighted by atomic mass is 10.1. The summed E-state index contributed by atoms with van der Waals surface area (Å²) < 4.78 is 19.4. The van der Waals surface area contributed by atoms with Crippen LogP contribution in [0.4, 0.5) is 4.79 Å². The van der Waals surface area contributed by atoms with Crippen LogP contribution in [0.2, 0.25) is 0 Å². The molecule has 0 unspecified atom stereocenters. The van der Waals surface area contributed by atoms with E-state index in [9.17, 15) is 9.59 Å². The first-order valence-electron chi connectivity index (χ1n) is 6.71. The highest BCUT2D eigenvalue weighted by molar-refractivity contribution is 7.98. The van der Waals surface area contributed by atoms with Gasteiger partial charge in [0.25, 0.3) is 5.70 Å². The first-order chi connectivity index (χ1) is 11.7. The van der Waals surface area contributed by atoms with Crippen molar-refractivity contribution >= 4 is 24.1 Å². The maximum Gasteiger partial charge on any atom is 0.413 e. The molecule has 1 aliphatic rings. The average molecular weight is 371 g/mol. The second-order valence-corrected chi connectivity index (χ2v) is 6.09. The van der Waals surface area contributed by atoms with E-state index in [-0.39, 0.29) is 22.1 Å². The Balaban J connectivity index is 3.27. The fraction of sp³-hybridized carbons (Fsp3) is 0.357. The van der Waals surface area contributed by atoms with Gasteiger partial charge in [-0.05, 0) is 26.8 Å². The average Bonchev–Trinajstić information content (AvgIpc) is 2.53. The molecule has 0 aromatic heterocycles. The van der Waals surface area contributed by atoms with Crippen molar-refractivity contribution in [2.75, 3.05) is 7.11 Å². The topological polar surface area (TPSA) is 123 Å². The largest absolute Gasteiger partial charge is 0.465 e. The normalized spacial score (nSPS) is 15.8. The Labute approximate surface area is 148 Å². The monoisotopic (exact) mass is 371 g/mol. The van der Waals surface area contributed by atoms with Crippen LogP contribution in [0.5, 0.6) is 0 Å².